The number of aromatic amines is 1. The molecule has 1 fully saturated rings. The summed E-state index contributed by atoms with van der Waals surface area (Å²) in [6.07, 6.45) is 1.30. The van der Waals surface area contributed by atoms with Crippen LogP contribution in [0.1, 0.15) is 26.3 Å². The third-order valence-electron chi connectivity index (χ3n) is 4.35. The molecule has 1 aromatic heterocycles. The van der Waals surface area contributed by atoms with Crippen molar-refractivity contribution in [3.8, 4) is 11.4 Å². The van der Waals surface area contributed by atoms with Crippen molar-refractivity contribution in [1.29, 1.82) is 0 Å². The molecule has 1 aromatic carbocycles. The second kappa shape index (κ2) is 8.83. The number of hydrogen-bond acceptors (Lipinski definition) is 5. The van der Waals surface area contributed by atoms with Crippen LogP contribution >= 0.6 is 11.8 Å². The monoisotopic (exact) mass is 360 g/mol. The summed E-state index contributed by atoms with van der Waals surface area (Å²) in [4.78, 5) is 7.11. The molecule has 1 aliphatic heterocycles. The highest BCUT2D eigenvalue weighted by Crippen LogP contribution is 2.22. The lowest BCUT2D eigenvalue weighted by Gasteiger charge is -2.33. The van der Waals surface area contributed by atoms with Crippen molar-refractivity contribution in [2.24, 2.45) is 5.92 Å². The first kappa shape index (κ1) is 18.4. The van der Waals surface area contributed by atoms with Crippen LogP contribution in [0.4, 0.5) is 0 Å². The lowest BCUT2D eigenvalue weighted by molar-refractivity contribution is -0.0191. The van der Waals surface area contributed by atoms with Gasteiger partial charge in [-0.1, -0.05) is 56.8 Å². The molecule has 0 amide bonds. The number of rotatable bonds is 7. The molecular weight excluding hydrogens is 332 g/mol. The van der Waals surface area contributed by atoms with Gasteiger partial charge in [0.05, 0.1) is 12.7 Å². The molecule has 1 saturated heterocycles. The standard InChI is InChI=1S/C19H28N4OS/c1-4-15-5-7-16(8-6-15)18-20-19(22-21-18)25-13-17-12-23(9-10-24-17)11-14(2)3/h5-8,14,17H,4,9-13H2,1-3H3,(H,20,21,22)/t17-/m1/s1. The number of morpholine rings is 1. The molecule has 0 aliphatic carbocycles. The molecule has 1 atom stereocenters. The van der Waals surface area contributed by atoms with Gasteiger partial charge in [-0.2, -0.15) is 0 Å². The van der Waals surface area contributed by atoms with Gasteiger partial charge < -0.3 is 4.74 Å². The molecular formula is C19H28N4OS. The molecule has 1 aliphatic rings. The zero-order chi connectivity index (χ0) is 17.6. The molecule has 0 saturated carbocycles. The first-order valence-corrected chi connectivity index (χ1v) is 10.1. The fourth-order valence-corrected chi connectivity index (χ4v) is 3.87. The third kappa shape index (κ3) is 5.30. The van der Waals surface area contributed by atoms with Gasteiger partial charge in [-0.15, -0.1) is 5.10 Å². The Labute approximate surface area is 154 Å². The van der Waals surface area contributed by atoms with E-state index < -0.39 is 0 Å². The van der Waals surface area contributed by atoms with Gasteiger partial charge in [0, 0.05) is 31.0 Å². The fraction of sp³-hybridized carbons (Fsp3) is 0.579. The van der Waals surface area contributed by atoms with Crippen molar-refractivity contribution < 1.29 is 4.74 Å². The number of ether oxygens (including phenoxy) is 1. The Morgan fingerprint density at radius 2 is 2.12 bits per heavy atom. The van der Waals surface area contributed by atoms with Crippen LogP contribution in [0.2, 0.25) is 0 Å². The average molecular weight is 361 g/mol. The van der Waals surface area contributed by atoms with Gasteiger partial charge in [0.1, 0.15) is 0 Å². The molecule has 25 heavy (non-hydrogen) atoms. The molecule has 0 unspecified atom stereocenters. The van der Waals surface area contributed by atoms with E-state index in [0.717, 1.165) is 55.0 Å². The molecule has 136 valence electrons. The molecule has 2 heterocycles. The van der Waals surface area contributed by atoms with Gasteiger partial charge in [0.2, 0.25) is 5.16 Å². The minimum atomic E-state index is 0.253. The van der Waals surface area contributed by atoms with Crippen LogP contribution in [0, 0.1) is 5.92 Å². The van der Waals surface area contributed by atoms with Crippen molar-refractivity contribution in [2.75, 3.05) is 32.0 Å². The van der Waals surface area contributed by atoms with E-state index in [2.05, 4.69) is 65.1 Å². The Hall–Kier alpha value is -1.37. The molecule has 5 nitrogen and oxygen atoms in total. The molecule has 0 spiro atoms. The van der Waals surface area contributed by atoms with Crippen LogP contribution in [0.5, 0.6) is 0 Å². The summed E-state index contributed by atoms with van der Waals surface area (Å²) >= 11 is 1.67. The van der Waals surface area contributed by atoms with Gasteiger partial charge in [-0.25, -0.2) is 4.98 Å². The van der Waals surface area contributed by atoms with E-state index in [1.165, 1.54) is 5.56 Å². The highest BCUT2D eigenvalue weighted by atomic mass is 32.2. The number of thioether (sulfide) groups is 1. The van der Waals surface area contributed by atoms with Crippen molar-refractivity contribution in [3.05, 3.63) is 29.8 Å². The highest BCUT2D eigenvalue weighted by molar-refractivity contribution is 7.99. The molecule has 0 radical (unpaired) electrons. The van der Waals surface area contributed by atoms with Crippen molar-refractivity contribution >= 4 is 11.8 Å². The van der Waals surface area contributed by atoms with Crippen LogP contribution in [0.25, 0.3) is 11.4 Å². The zero-order valence-corrected chi connectivity index (χ0v) is 16.2. The highest BCUT2D eigenvalue weighted by Gasteiger charge is 2.21. The summed E-state index contributed by atoms with van der Waals surface area (Å²) in [5.41, 5.74) is 2.41. The van der Waals surface area contributed by atoms with Gasteiger partial charge in [-0.3, -0.25) is 10.00 Å². The number of hydrogen-bond donors (Lipinski definition) is 1. The van der Waals surface area contributed by atoms with Gasteiger partial charge in [0.15, 0.2) is 5.82 Å². The number of aromatic nitrogens is 3. The van der Waals surface area contributed by atoms with E-state index in [9.17, 15) is 0 Å². The Kier molecular flexibility index (Phi) is 6.51. The van der Waals surface area contributed by atoms with Crippen LogP contribution in [0.15, 0.2) is 29.4 Å². The number of aryl methyl sites for hydroxylation is 1. The van der Waals surface area contributed by atoms with E-state index in [-0.39, 0.29) is 6.10 Å². The maximum absolute atomic E-state index is 5.90. The van der Waals surface area contributed by atoms with E-state index in [1.807, 2.05) is 0 Å². The molecule has 1 N–H and O–H groups in total. The smallest absolute Gasteiger partial charge is 0.208 e. The van der Waals surface area contributed by atoms with E-state index in [1.54, 1.807) is 11.8 Å². The van der Waals surface area contributed by atoms with E-state index in [4.69, 9.17) is 4.74 Å². The number of nitrogens with zero attached hydrogens (tertiary/aromatic N) is 3. The predicted octanol–water partition coefficient (Wildman–Crippen LogP) is 3.48. The first-order chi connectivity index (χ1) is 12.1. The van der Waals surface area contributed by atoms with Crippen LogP contribution in [-0.4, -0.2) is 58.2 Å². The van der Waals surface area contributed by atoms with Crippen molar-refractivity contribution in [1.82, 2.24) is 20.1 Å². The fourth-order valence-electron chi connectivity index (χ4n) is 3.07. The minimum absolute atomic E-state index is 0.253. The summed E-state index contributed by atoms with van der Waals surface area (Å²) in [5.74, 6) is 2.41. The second-order valence-electron chi connectivity index (χ2n) is 6.97. The summed E-state index contributed by atoms with van der Waals surface area (Å²) in [6, 6.07) is 8.48. The quantitative estimate of drug-likeness (QED) is 0.766. The molecule has 0 bridgehead atoms. The Bertz CT molecular complexity index is 656. The Morgan fingerprint density at radius 1 is 1.32 bits per heavy atom. The second-order valence-corrected chi connectivity index (χ2v) is 7.96. The summed E-state index contributed by atoms with van der Waals surface area (Å²) in [6.45, 7) is 10.7. The summed E-state index contributed by atoms with van der Waals surface area (Å²) in [5, 5.41) is 8.18. The zero-order valence-electron chi connectivity index (χ0n) is 15.4. The number of nitrogens with one attached hydrogen (secondary N) is 1. The van der Waals surface area contributed by atoms with Crippen molar-refractivity contribution in [2.45, 2.75) is 38.5 Å². The lowest BCUT2D eigenvalue weighted by Crippen LogP contribution is -2.44. The minimum Gasteiger partial charge on any atom is -0.375 e. The number of benzene rings is 1. The third-order valence-corrected chi connectivity index (χ3v) is 5.32. The van der Waals surface area contributed by atoms with Crippen LogP contribution < -0.4 is 0 Å². The predicted molar refractivity (Wildman–Crippen MR) is 103 cm³/mol. The molecule has 3 rings (SSSR count). The number of H-pyrrole nitrogens is 1. The topological polar surface area (TPSA) is 54.0 Å². The summed E-state index contributed by atoms with van der Waals surface area (Å²) < 4.78 is 5.90. The van der Waals surface area contributed by atoms with Crippen LogP contribution in [-0.2, 0) is 11.2 Å². The first-order valence-electron chi connectivity index (χ1n) is 9.12. The van der Waals surface area contributed by atoms with E-state index >= 15 is 0 Å². The SMILES string of the molecule is CCc1ccc(-c2nc(SC[C@H]3CN(CC(C)C)CCO3)n[nH]2)cc1. The van der Waals surface area contributed by atoms with Crippen LogP contribution in [0.3, 0.4) is 0 Å². The average Bonchev–Trinajstić information content (AvgIpc) is 3.09. The largest absolute Gasteiger partial charge is 0.375 e. The molecule has 2 aromatic rings. The van der Waals surface area contributed by atoms with Gasteiger partial charge in [-0.05, 0) is 17.9 Å². The Balaban J connectivity index is 1.53. The Morgan fingerprint density at radius 3 is 2.84 bits per heavy atom. The van der Waals surface area contributed by atoms with E-state index in [0.29, 0.717) is 5.92 Å². The summed E-state index contributed by atoms with van der Waals surface area (Å²) in [7, 11) is 0. The maximum atomic E-state index is 5.90. The van der Waals surface area contributed by atoms with Crippen molar-refractivity contribution in [3.63, 3.8) is 0 Å². The maximum Gasteiger partial charge on any atom is 0.208 e. The van der Waals surface area contributed by atoms with Gasteiger partial charge >= 0.3 is 0 Å². The molecule has 6 heteroatoms. The normalized spacial score (nSPS) is 18.8. The lowest BCUT2D eigenvalue weighted by atomic mass is 10.1. The van der Waals surface area contributed by atoms with Gasteiger partial charge in [0.25, 0.3) is 0 Å².